The number of rotatable bonds is 3. The predicted octanol–water partition coefficient (Wildman–Crippen LogP) is 1.26. The van der Waals surface area contributed by atoms with Crippen LogP contribution in [-0.4, -0.2) is 25.8 Å². The van der Waals surface area contributed by atoms with Crippen LogP contribution in [0, 0.1) is 0 Å². The Morgan fingerprint density at radius 3 is 2.94 bits per heavy atom. The molecule has 0 spiro atoms. The third-order valence-corrected chi connectivity index (χ3v) is 1.95. The van der Waals surface area contributed by atoms with E-state index in [4.69, 9.17) is 5.11 Å². The van der Waals surface area contributed by atoms with Gasteiger partial charge >= 0.3 is 5.97 Å². The number of carboxylic acid groups (broad SMARTS) is 1. The van der Waals surface area contributed by atoms with Crippen molar-refractivity contribution in [2.75, 3.05) is 5.32 Å². The highest BCUT2D eigenvalue weighted by Gasteiger charge is 2.05. The van der Waals surface area contributed by atoms with Gasteiger partial charge in [-0.05, 0) is 12.1 Å². The molecule has 0 amide bonds. The van der Waals surface area contributed by atoms with E-state index in [9.17, 15) is 4.79 Å². The highest BCUT2D eigenvalue weighted by Crippen LogP contribution is 2.13. The normalized spacial score (nSPS) is 10.1. The molecule has 6 nitrogen and oxygen atoms in total. The number of hydrogen-bond acceptors (Lipinski definition) is 4. The Morgan fingerprint density at radius 2 is 2.31 bits per heavy atom. The van der Waals surface area contributed by atoms with Crippen LogP contribution >= 0.6 is 0 Å². The molecule has 2 N–H and O–H groups in total. The van der Waals surface area contributed by atoms with Crippen molar-refractivity contribution in [2.45, 2.75) is 0 Å². The summed E-state index contributed by atoms with van der Waals surface area (Å²) < 4.78 is 1.64. The quantitative estimate of drug-likeness (QED) is 0.810. The largest absolute Gasteiger partial charge is 0.477 e. The second kappa shape index (κ2) is 4.01. The van der Waals surface area contributed by atoms with E-state index in [0.717, 1.165) is 5.69 Å². The highest BCUT2D eigenvalue weighted by molar-refractivity contribution is 5.85. The zero-order valence-corrected chi connectivity index (χ0v) is 8.58. The number of carbonyl (C=O) groups is 1. The summed E-state index contributed by atoms with van der Waals surface area (Å²) in [6.07, 6.45) is 3.41. The topological polar surface area (TPSA) is 80.0 Å². The fraction of sp³-hybridized carbons (Fsp3) is 0.100. The van der Waals surface area contributed by atoms with Gasteiger partial charge in [-0.25, -0.2) is 9.78 Å². The fourth-order valence-corrected chi connectivity index (χ4v) is 1.26. The summed E-state index contributed by atoms with van der Waals surface area (Å²) in [5.74, 6) is -0.567. The summed E-state index contributed by atoms with van der Waals surface area (Å²) >= 11 is 0. The molecule has 2 aromatic rings. The van der Waals surface area contributed by atoms with Crippen molar-refractivity contribution in [3.05, 3.63) is 36.3 Å². The van der Waals surface area contributed by atoms with Gasteiger partial charge in [0, 0.05) is 13.2 Å². The van der Waals surface area contributed by atoms with E-state index in [1.165, 1.54) is 6.07 Å². The Kier molecular flexibility index (Phi) is 2.55. The van der Waals surface area contributed by atoms with Gasteiger partial charge in [0.1, 0.15) is 5.82 Å². The smallest absolute Gasteiger partial charge is 0.354 e. The average molecular weight is 218 g/mol. The minimum absolute atomic E-state index is 0.00823. The first kappa shape index (κ1) is 10.2. The average Bonchev–Trinajstić information content (AvgIpc) is 2.64. The molecule has 0 unspecified atom stereocenters. The lowest BCUT2D eigenvalue weighted by Crippen LogP contribution is -2.02. The van der Waals surface area contributed by atoms with E-state index in [1.807, 2.05) is 0 Å². The van der Waals surface area contributed by atoms with E-state index in [2.05, 4.69) is 15.4 Å². The summed E-state index contributed by atoms with van der Waals surface area (Å²) in [5.41, 5.74) is 0.770. The van der Waals surface area contributed by atoms with Crippen LogP contribution < -0.4 is 5.32 Å². The van der Waals surface area contributed by atoms with Crippen LogP contribution in [0.15, 0.2) is 30.6 Å². The maximum atomic E-state index is 10.7. The minimum Gasteiger partial charge on any atom is -0.477 e. The van der Waals surface area contributed by atoms with Crippen molar-refractivity contribution in [3.63, 3.8) is 0 Å². The first-order valence-electron chi connectivity index (χ1n) is 4.61. The van der Waals surface area contributed by atoms with Crippen molar-refractivity contribution in [3.8, 4) is 0 Å². The molecule has 2 aromatic heterocycles. The second-order valence-corrected chi connectivity index (χ2v) is 3.24. The van der Waals surface area contributed by atoms with Crippen LogP contribution in [0.2, 0.25) is 0 Å². The molecule has 0 radical (unpaired) electrons. The summed E-state index contributed by atoms with van der Waals surface area (Å²) in [5, 5.41) is 15.7. The Morgan fingerprint density at radius 1 is 1.50 bits per heavy atom. The van der Waals surface area contributed by atoms with Crippen molar-refractivity contribution in [1.82, 2.24) is 14.8 Å². The lowest BCUT2D eigenvalue weighted by Gasteiger charge is -2.02. The molecule has 6 heteroatoms. The molecule has 16 heavy (non-hydrogen) atoms. The van der Waals surface area contributed by atoms with Gasteiger partial charge in [0.25, 0.3) is 0 Å². The number of anilines is 2. The number of hydrogen-bond donors (Lipinski definition) is 2. The maximum absolute atomic E-state index is 10.7. The van der Waals surface area contributed by atoms with Crippen LogP contribution in [0.3, 0.4) is 0 Å². The first-order valence-corrected chi connectivity index (χ1v) is 4.61. The van der Waals surface area contributed by atoms with E-state index in [0.29, 0.717) is 5.82 Å². The number of aromatic carboxylic acids is 1. The van der Waals surface area contributed by atoms with E-state index in [1.54, 1.807) is 36.3 Å². The third kappa shape index (κ3) is 2.17. The van der Waals surface area contributed by atoms with Gasteiger partial charge in [-0.15, -0.1) is 0 Å². The number of aryl methyl sites for hydroxylation is 1. The third-order valence-electron chi connectivity index (χ3n) is 1.95. The van der Waals surface area contributed by atoms with Crippen molar-refractivity contribution < 1.29 is 9.90 Å². The number of aromatic nitrogens is 3. The molecular weight excluding hydrogens is 208 g/mol. The molecule has 2 heterocycles. The molecule has 0 aliphatic carbocycles. The molecule has 0 bridgehead atoms. The van der Waals surface area contributed by atoms with Crippen molar-refractivity contribution in [1.29, 1.82) is 0 Å². The van der Waals surface area contributed by atoms with Gasteiger partial charge in [-0.3, -0.25) is 4.68 Å². The van der Waals surface area contributed by atoms with Gasteiger partial charge in [0.2, 0.25) is 0 Å². The van der Waals surface area contributed by atoms with Crippen molar-refractivity contribution in [2.24, 2.45) is 7.05 Å². The number of pyridine rings is 1. The Hall–Kier alpha value is -2.37. The number of nitrogens with one attached hydrogen (secondary N) is 1. The van der Waals surface area contributed by atoms with Gasteiger partial charge in [-0.1, -0.05) is 6.07 Å². The van der Waals surface area contributed by atoms with Crippen LogP contribution in [0.5, 0.6) is 0 Å². The molecule has 0 fully saturated rings. The summed E-state index contributed by atoms with van der Waals surface area (Å²) in [7, 11) is 1.80. The van der Waals surface area contributed by atoms with Crippen LogP contribution in [0.1, 0.15) is 10.5 Å². The summed E-state index contributed by atoms with van der Waals surface area (Å²) in [6, 6.07) is 4.77. The van der Waals surface area contributed by atoms with Crippen LogP contribution in [0.4, 0.5) is 11.5 Å². The van der Waals surface area contributed by atoms with Gasteiger partial charge < -0.3 is 10.4 Å². The van der Waals surface area contributed by atoms with Gasteiger partial charge in [-0.2, -0.15) is 5.10 Å². The van der Waals surface area contributed by atoms with Crippen LogP contribution in [0.25, 0.3) is 0 Å². The molecule has 0 aliphatic heterocycles. The highest BCUT2D eigenvalue weighted by atomic mass is 16.4. The predicted molar refractivity (Wildman–Crippen MR) is 57.7 cm³/mol. The summed E-state index contributed by atoms with van der Waals surface area (Å²) in [4.78, 5) is 14.6. The first-order chi connectivity index (χ1) is 7.65. The molecule has 0 saturated carbocycles. The van der Waals surface area contributed by atoms with E-state index < -0.39 is 5.97 Å². The molecule has 0 aromatic carbocycles. The Labute approximate surface area is 91.6 Å². The monoisotopic (exact) mass is 218 g/mol. The number of carboxylic acids is 1. The molecular formula is C10H10N4O2. The maximum Gasteiger partial charge on any atom is 0.354 e. The van der Waals surface area contributed by atoms with Crippen LogP contribution in [-0.2, 0) is 7.05 Å². The van der Waals surface area contributed by atoms with E-state index in [-0.39, 0.29) is 5.69 Å². The molecule has 0 saturated heterocycles. The Bertz CT molecular complexity index is 521. The molecule has 0 aliphatic rings. The zero-order valence-electron chi connectivity index (χ0n) is 8.58. The number of nitrogens with zero attached hydrogens (tertiary/aromatic N) is 3. The van der Waals surface area contributed by atoms with Gasteiger partial charge in [0.15, 0.2) is 5.69 Å². The van der Waals surface area contributed by atoms with E-state index >= 15 is 0 Å². The Balaban J connectivity index is 2.21. The lowest BCUT2D eigenvalue weighted by molar-refractivity contribution is 0.0690. The molecule has 0 atom stereocenters. The standard InChI is InChI=1S/C10H10N4O2/c1-14-6-7(5-11-14)12-9-4-2-3-8(13-9)10(15)16/h2-6H,1H3,(H,12,13)(H,15,16). The lowest BCUT2D eigenvalue weighted by atomic mass is 10.3. The second-order valence-electron chi connectivity index (χ2n) is 3.24. The van der Waals surface area contributed by atoms with Crippen molar-refractivity contribution >= 4 is 17.5 Å². The minimum atomic E-state index is -1.05. The fourth-order valence-electron chi connectivity index (χ4n) is 1.26. The van der Waals surface area contributed by atoms with Gasteiger partial charge in [0.05, 0.1) is 11.9 Å². The molecule has 82 valence electrons. The molecule has 2 rings (SSSR count). The SMILES string of the molecule is Cn1cc(Nc2cccc(C(=O)O)n2)cn1. The summed E-state index contributed by atoms with van der Waals surface area (Å²) in [6.45, 7) is 0. The zero-order chi connectivity index (χ0) is 11.5.